The van der Waals surface area contributed by atoms with Crippen LogP contribution in [0.15, 0.2) is 71.6 Å². The van der Waals surface area contributed by atoms with Gasteiger partial charge in [-0.3, -0.25) is 9.52 Å². The predicted octanol–water partition coefficient (Wildman–Crippen LogP) is 4.98. The van der Waals surface area contributed by atoms with Crippen LogP contribution in [0, 0.1) is 6.92 Å². The molecule has 3 aromatic rings. The summed E-state index contributed by atoms with van der Waals surface area (Å²) in [6.07, 6.45) is 2.44. The molecule has 1 fully saturated rings. The molecule has 8 heteroatoms. The van der Waals surface area contributed by atoms with Crippen molar-refractivity contribution >= 4 is 38.9 Å². The molecule has 1 aliphatic heterocycles. The Morgan fingerprint density at radius 2 is 1.64 bits per heavy atom. The summed E-state index contributed by atoms with van der Waals surface area (Å²) < 4.78 is 27.8. The van der Waals surface area contributed by atoms with Crippen molar-refractivity contribution in [3.8, 4) is 0 Å². The van der Waals surface area contributed by atoms with Crippen molar-refractivity contribution in [2.45, 2.75) is 31.2 Å². The van der Waals surface area contributed by atoms with Crippen LogP contribution < -0.4 is 14.9 Å². The lowest BCUT2D eigenvalue weighted by atomic mass is 10.1. The Labute approximate surface area is 199 Å². The van der Waals surface area contributed by atoms with Crippen LogP contribution in [0.1, 0.15) is 34.3 Å². The lowest BCUT2D eigenvalue weighted by molar-refractivity contribution is 0.0951. The number of aryl methyl sites for hydroxylation is 1. The normalized spacial score (nSPS) is 13.7. The highest BCUT2D eigenvalue weighted by Gasteiger charge is 2.17. The molecule has 0 spiro atoms. The second-order valence-corrected chi connectivity index (χ2v) is 10.2. The van der Waals surface area contributed by atoms with E-state index in [1.54, 1.807) is 12.1 Å². The standard InChI is InChI=1S/C25H26ClN3O3S/c1-18-4-11-22(12-5-18)33(31,32)28-20-8-13-24(26)23(16-20)25(30)27-17-19-6-9-21(10-7-19)29-14-2-3-15-29/h4-13,16,28H,2-3,14-15,17H2,1H3,(H,27,30). The molecule has 6 nitrogen and oxygen atoms in total. The highest BCUT2D eigenvalue weighted by atomic mass is 35.5. The SMILES string of the molecule is Cc1ccc(S(=O)(=O)Nc2ccc(Cl)c(C(=O)NCc3ccc(N4CCCC4)cc3)c2)cc1. The van der Waals surface area contributed by atoms with Crippen molar-refractivity contribution in [3.63, 3.8) is 0 Å². The summed E-state index contributed by atoms with van der Waals surface area (Å²) in [6, 6.07) is 19.2. The molecular weight excluding hydrogens is 458 g/mol. The number of halogens is 1. The van der Waals surface area contributed by atoms with Crippen LogP contribution in [-0.2, 0) is 16.6 Å². The first kappa shape index (κ1) is 23.1. The van der Waals surface area contributed by atoms with Gasteiger partial charge in [0.15, 0.2) is 0 Å². The van der Waals surface area contributed by atoms with Gasteiger partial charge in [-0.1, -0.05) is 41.4 Å². The number of rotatable bonds is 7. The Morgan fingerprint density at radius 3 is 2.30 bits per heavy atom. The topological polar surface area (TPSA) is 78.5 Å². The molecule has 1 amide bonds. The number of carbonyl (C=O) groups is 1. The molecule has 4 rings (SSSR count). The van der Waals surface area contributed by atoms with Crippen LogP contribution in [0.2, 0.25) is 5.02 Å². The van der Waals surface area contributed by atoms with Crippen LogP contribution in [0.25, 0.3) is 0 Å². The fourth-order valence-electron chi connectivity index (χ4n) is 3.77. The van der Waals surface area contributed by atoms with E-state index >= 15 is 0 Å². The van der Waals surface area contributed by atoms with E-state index in [1.165, 1.54) is 48.9 Å². The van der Waals surface area contributed by atoms with Crippen molar-refractivity contribution in [1.29, 1.82) is 0 Å². The third-order valence-corrected chi connectivity index (χ3v) is 7.38. The number of amides is 1. The van der Waals surface area contributed by atoms with E-state index < -0.39 is 10.0 Å². The minimum atomic E-state index is -3.78. The summed E-state index contributed by atoms with van der Waals surface area (Å²) in [4.78, 5) is 15.3. The van der Waals surface area contributed by atoms with Gasteiger partial charge >= 0.3 is 0 Å². The van der Waals surface area contributed by atoms with Crippen LogP contribution in [0.3, 0.4) is 0 Å². The maximum absolute atomic E-state index is 12.8. The predicted molar refractivity (Wildman–Crippen MR) is 132 cm³/mol. The van der Waals surface area contributed by atoms with Gasteiger partial charge in [-0.2, -0.15) is 0 Å². The molecule has 0 saturated carbocycles. The Balaban J connectivity index is 1.42. The lowest BCUT2D eigenvalue weighted by Gasteiger charge is -2.17. The number of hydrogen-bond acceptors (Lipinski definition) is 4. The van der Waals surface area contributed by atoms with E-state index in [0.717, 1.165) is 24.2 Å². The van der Waals surface area contributed by atoms with E-state index in [2.05, 4.69) is 27.1 Å². The molecule has 3 aromatic carbocycles. The van der Waals surface area contributed by atoms with Gasteiger partial charge in [0.2, 0.25) is 0 Å². The maximum Gasteiger partial charge on any atom is 0.261 e. The molecule has 1 saturated heterocycles. The van der Waals surface area contributed by atoms with Crippen LogP contribution in [-0.4, -0.2) is 27.4 Å². The van der Waals surface area contributed by atoms with Crippen molar-refractivity contribution in [1.82, 2.24) is 5.32 Å². The Bertz CT molecular complexity index is 1240. The van der Waals surface area contributed by atoms with Crippen molar-refractivity contribution in [2.24, 2.45) is 0 Å². The number of nitrogens with one attached hydrogen (secondary N) is 2. The van der Waals surface area contributed by atoms with E-state index in [9.17, 15) is 13.2 Å². The van der Waals surface area contributed by atoms with Gasteiger partial charge in [-0.15, -0.1) is 0 Å². The zero-order valence-electron chi connectivity index (χ0n) is 18.3. The summed E-state index contributed by atoms with van der Waals surface area (Å²) in [5.74, 6) is -0.375. The maximum atomic E-state index is 12.8. The molecule has 0 atom stereocenters. The zero-order chi connectivity index (χ0) is 23.4. The smallest absolute Gasteiger partial charge is 0.261 e. The minimum absolute atomic E-state index is 0.145. The van der Waals surface area contributed by atoms with Crippen LogP contribution in [0.5, 0.6) is 0 Å². The molecule has 1 heterocycles. The Morgan fingerprint density at radius 1 is 0.970 bits per heavy atom. The quantitative estimate of drug-likeness (QED) is 0.496. The molecule has 172 valence electrons. The number of carbonyl (C=O) groups excluding carboxylic acids is 1. The lowest BCUT2D eigenvalue weighted by Crippen LogP contribution is -2.23. The van der Waals surface area contributed by atoms with Crippen LogP contribution >= 0.6 is 11.6 Å². The van der Waals surface area contributed by atoms with Crippen LogP contribution in [0.4, 0.5) is 11.4 Å². The van der Waals surface area contributed by atoms with E-state index in [1.807, 2.05) is 19.1 Å². The summed E-state index contributed by atoms with van der Waals surface area (Å²) in [7, 11) is -3.78. The van der Waals surface area contributed by atoms with Crippen molar-refractivity contribution in [3.05, 3.63) is 88.4 Å². The molecule has 0 aromatic heterocycles. The number of sulfonamides is 1. The molecule has 0 unspecified atom stereocenters. The summed E-state index contributed by atoms with van der Waals surface area (Å²) in [6.45, 7) is 4.39. The molecule has 0 aliphatic carbocycles. The van der Waals surface area contributed by atoms with Gasteiger partial charge in [0.05, 0.1) is 15.5 Å². The Hall–Kier alpha value is -3.03. The monoisotopic (exact) mass is 483 g/mol. The number of nitrogens with zero attached hydrogens (tertiary/aromatic N) is 1. The van der Waals surface area contributed by atoms with Gasteiger partial charge in [0.25, 0.3) is 15.9 Å². The molecular formula is C25H26ClN3O3S. The largest absolute Gasteiger partial charge is 0.372 e. The van der Waals surface area contributed by atoms with E-state index in [0.29, 0.717) is 6.54 Å². The van der Waals surface area contributed by atoms with Gasteiger partial charge < -0.3 is 10.2 Å². The summed E-state index contributed by atoms with van der Waals surface area (Å²) in [5, 5.41) is 3.10. The molecule has 2 N–H and O–H groups in total. The average Bonchev–Trinajstić information content (AvgIpc) is 3.34. The van der Waals surface area contributed by atoms with E-state index in [4.69, 9.17) is 11.6 Å². The molecule has 0 radical (unpaired) electrons. The summed E-state index contributed by atoms with van der Waals surface area (Å²) >= 11 is 6.23. The van der Waals surface area contributed by atoms with E-state index in [-0.39, 0.29) is 27.1 Å². The van der Waals surface area contributed by atoms with Crippen molar-refractivity contribution in [2.75, 3.05) is 22.7 Å². The number of benzene rings is 3. The Kier molecular flexibility index (Phi) is 6.91. The second kappa shape index (κ2) is 9.85. The minimum Gasteiger partial charge on any atom is -0.372 e. The van der Waals surface area contributed by atoms with Gasteiger partial charge in [0.1, 0.15) is 0 Å². The highest BCUT2D eigenvalue weighted by Crippen LogP contribution is 2.24. The third-order valence-electron chi connectivity index (χ3n) is 5.66. The third kappa shape index (κ3) is 5.67. The molecule has 33 heavy (non-hydrogen) atoms. The van der Waals surface area contributed by atoms with Gasteiger partial charge in [-0.25, -0.2) is 8.42 Å². The zero-order valence-corrected chi connectivity index (χ0v) is 19.9. The first-order valence-electron chi connectivity index (χ1n) is 10.8. The molecule has 0 bridgehead atoms. The fourth-order valence-corrected chi connectivity index (χ4v) is 5.02. The molecule has 1 aliphatic rings. The number of anilines is 2. The fraction of sp³-hybridized carbons (Fsp3) is 0.240. The second-order valence-electron chi connectivity index (χ2n) is 8.16. The van der Waals surface area contributed by atoms with Crippen molar-refractivity contribution < 1.29 is 13.2 Å². The average molecular weight is 484 g/mol. The number of hydrogen-bond donors (Lipinski definition) is 2. The first-order valence-corrected chi connectivity index (χ1v) is 12.7. The van der Waals surface area contributed by atoms with Gasteiger partial charge in [0, 0.05) is 31.0 Å². The summed E-state index contributed by atoms with van der Waals surface area (Å²) in [5.41, 5.74) is 3.59. The van der Waals surface area contributed by atoms with Gasteiger partial charge in [-0.05, 0) is 67.8 Å². The highest BCUT2D eigenvalue weighted by molar-refractivity contribution is 7.92. The first-order chi connectivity index (χ1) is 15.8.